The lowest BCUT2D eigenvalue weighted by atomic mass is 10.1. The van der Waals surface area contributed by atoms with E-state index < -0.39 is 29.9 Å². The maximum absolute atomic E-state index is 13.1. The Morgan fingerprint density at radius 1 is 1.10 bits per heavy atom. The summed E-state index contributed by atoms with van der Waals surface area (Å²) in [7, 11) is 0. The normalized spacial score (nSPS) is 11.3. The van der Waals surface area contributed by atoms with Gasteiger partial charge in [0.25, 0.3) is 5.91 Å². The molecule has 0 aliphatic carbocycles. The van der Waals surface area contributed by atoms with Crippen LogP contribution < -0.4 is 20.4 Å². The summed E-state index contributed by atoms with van der Waals surface area (Å²) >= 11 is 0. The molecule has 0 aliphatic heterocycles. The quantitative estimate of drug-likeness (QED) is 0.564. The highest BCUT2D eigenvalue weighted by atomic mass is 19.4. The third-order valence-corrected chi connectivity index (χ3v) is 4.01. The summed E-state index contributed by atoms with van der Waals surface area (Å²) in [5.74, 6) is 0.101. The average molecular weight is 421 g/mol. The number of alkyl halides is 3. The Bertz CT molecular complexity index is 1110. The number of amides is 1. The molecule has 1 N–H and O–H groups in total. The van der Waals surface area contributed by atoms with Crippen molar-refractivity contribution in [3.8, 4) is 11.5 Å². The molecule has 0 fully saturated rings. The van der Waals surface area contributed by atoms with Crippen LogP contribution in [-0.2, 0) is 11.0 Å². The minimum Gasteiger partial charge on any atom is -0.491 e. The van der Waals surface area contributed by atoms with E-state index in [1.165, 1.54) is 6.07 Å². The SMILES string of the molecule is CCCOc1ccccc1NC(=O)COc1ccc2c(C(F)(F)F)cc(=O)oc2c1. The monoisotopic (exact) mass is 421 g/mol. The molecular weight excluding hydrogens is 403 g/mol. The van der Waals surface area contributed by atoms with E-state index in [0.29, 0.717) is 24.1 Å². The lowest BCUT2D eigenvalue weighted by Crippen LogP contribution is -2.20. The summed E-state index contributed by atoms with van der Waals surface area (Å²) in [5, 5.41) is 2.38. The van der Waals surface area contributed by atoms with Gasteiger partial charge in [-0.1, -0.05) is 19.1 Å². The predicted molar refractivity (Wildman–Crippen MR) is 104 cm³/mol. The number of rotatable bonds is 7. The van der Waals surface area contributed by atoms with Crippen LogP contribution in [0.1, 0.15) is 18.9 Å². The lowest BCUT2D eigenvalue weighted by Gasteiger charge is -2.13. The minimum atomic E-state index is -4.70. The fourth-order valence-electron chi connectivity index (χ4n) is 2.71. The highest BCUT2D eigenvalue weighted by molar-refractivity contribution is 5.93. The van der Waals surface area contributed by atoms with E-state index in [4.69, 9.17) is 13.9 Å². The molecule has 30 heavy (non-hydrogen) atoms. The first-order valence-electron chi connectivity index (χ1n) is 9.07. The van der Waals surface area contributed by atoms with Crippen molar-refractivity contribution >= 4 is 22.6 Å². The molecule has 0 bridgehead atoms. The summed E-state index contributed by atoms with van der Waals surface area (Å²) < 4.78 is 55.0. The zero-order valence-corrected chi connectivity index (χ0v) is 15.9. The molecular formula is C21H18F3NO5. The van der Waals surface area contributed by atoms with E-state index in [0.717, 1.165) is 18.6 Å². The summed E-state index contributed by atoms with van der Waals surface area (Å²) in [6.07, 6.45) is -3.90. The Morgan fingerprint density at radius 3 is 2.60 bits per heavy atom. The first-order chi connectivity index (χ1) is 14.3. The molecule has 0 saturated heterocycles. The molecule has 9 heteroatoms. The summed E-state index contributed by atoms with van der Waals surface area (Å²) in [6, 6.07) is 10.8. The van der Waals surface area contributed by atoms with Crippen molar-refractivity contribution in [3.05, 3.63) is 64.5 Å². The Balaban J connectivity index is 1.72. The van der Waals surface area contributed by atoms with E-state index in [9.17, 15) is 22.8 Å². The van der Waals surface area contributed by atoms with Crippen molar-refractivity contribution < 1.29 is 31.9 Å². The highest BCUT2D eigenvalue weighted by Crippen LogP contribution is 2.34. The maximum Gasteiger partial charge on any atom is 0.417 e. The van der Waals surface area contributed by atoms with Gasteiger partial charge in [0, 0.05) is 17.5 Å². The van der Waals surface area contributed by atoms with Gasteiger partial charge in [-0.3, -0.25) is 4.79 Å². The number of anilines is 1. The largest absolute Gasteiger partial charge is 0.491 e. The van der Waals surface area contributed by atoms with Gasteiger partial charge in [0.1, 0.15) is 17.1 Å². The van der Waals surface area contributed by atoms with Gasteiger partial charge in [0.2, 0.25) is 0 Å². The van der Waals surface area contributed by atoms with Crippen LogP contribution in [0, 0.1) is 0 Å². The van der Waals surface area contributed by atoms with Crippen molar-refractivity contribution in [2.75, 3.05) is 18.5 Å². The molecule has 1 aromatic heterocycles. The van der Waals surface area contributed by atoms with Crippen molar-refractivity contribution in [3.63, 3.8) is 0 Å². The molecule has 6 nitrogen and oxygen atoms in total. The van der Waals surface area contributed by atoms with Crippen LogP contribution in [0.25, 0.3) is 11.0 Å². The second-order valence-corrected chi connectivity index (χ2v) is 6.32. The van der Waals surface area contributed by atoms with Gasteiger partial charge < -0.3 is 19.2 Å². The third kappa shape index (κ3) is 5.11. The minimum absolute atomic E-state index is 0.0793. The molecule has 2 aromatic carbocycles. The number of ether oxygens (including phenoxy) is 2. The summed E-state index contributed by atoms with van der Waals surface area (Å²) in [6.45, 7) is 2.04. The number of carbonyl (C=O) groups is 1. The van der Waals surface area contributed by atoms with E-state index in [1.54, 1.807) is 24.3 Å². The first-order valence-corrected chi connectivity index (χ1v) is 9.07. The van der Waals surface area contributed by atoms with Crippen LogP contribution in [0.5, 0.6) is 11.5 Å². The van der Waals surface area contributed by atoms with E-state index in [-0.39, 0.29) is 16.7 Å². The second kappa shape index (κ2) is 8.89. The van der Waals surface area contributed by atoms with Crippen LogP contribution in [0.3, 0.4) is 0 Å². The molecule has 158 valence electrons. The van der Waals surface area contributed by atoms with Gasteiger partial charge in [-0.15, -0.1) is 0 Å². The topological polar surface area (TPSA) is 77.8 Å². The van der Waals surface area contributed by atoms with E-state index in [2.05, 4.69) is 5.32 Å². The van der Waals surface area contributed by atoms with Crippen LogP contribution >= 0.6 is 0 Å². The van der Waals surface area contributed by atoms with Crippen molar-refractivity contribution in [1.82, 2.24) is 0 Å². The molecule has 0 atom stereocenters. The number of halogens is 3. The first kappa shape index (κ1) is 21.2. The molecule has 3 aromatic rings. The van der Waals surface area contributed by atoms with Gasteiger partial charge in [-0.2, -0.15) is 13.2 Å². The van der Waals surface area contributed by atoms with Crippen LogP contribution in [0.4, 0.5) is 18.9 Å². The van der Waals surface area contributed by atoms with Crippen molar-refractivity contribution in [2.24, 2.45) is 0 Å². The average Bonchev–Trinajstić information content (AvgIpc) is 2.70. The third-order valence-electron chi connectivity index (χ3n) is 4.01. The van der Waals surface area contributed by atoms with Crippen molar-refractivity contribution in [2.45, 2.75) is 19.5 Å². The number of hydrogen-bond donors (Lipinski definition) is 1. The van der Waals surface area contributed by atoms with Gasteiger partial charge in [-0.25, -0.2) is 4.79 Å². The standard InChI is InChI=1S/C21H18F3NO5/c1-2-9-28-17-6-4-3-5-16(17)25-19(26)12-29-13-7-8-14-15(21(22,23)24)11-20(27)30-18(14)10-13/h3-8,10-11H,2,9,12H2,1H3,(H,25,26). The molecule has 0 spiro atoms. The van der Waals surface area contributed by atoms with Gasteiger partial charge in [0.05, 0.1) is 17.9 Å². The molecule has 3 rings (SSSR count). The smallest absolute Gasteiger partial charge is 0.417 e. The van der Waals surface area contributed by atoms with Gasteiger partial charge >= 0.3 is 11.8 Å². The molecule has 1 amide bonds. The zero-order valence-electron chi connectivity index (χ0n) is 15.9. The summed E-state index contributed by atoms with van der Waals surface area (Å²) in [5.41, 5.74) is -2.04. The predicted octanol–water partition coefficient (Wildman–Crippen LogP) is 4.62. The fourth-order valence-corrected chi connectivity index (χ4v) is 2.71. The van der Waals surface area contributed by atoms with Gasteiger partial charge in [0.15, 0.2) is 6.61 Å². The number of hydrogen-bond acceptors (Lipinski definition) is 5. The summed E-state index contributed by atoms with van der Waals surface area (Å²) in [4.78, 5) is 23.7. The number of para-hydroxylation sites is 2. The maximum atomic E-state index is 13.1. The van der Waals surface area contributed by atoms with Gasteiger partial charge in [-0.05, 0) is 30.7 Å². The molecule has 0 saturated carbocycles. The van der Waals surface area contributed by atoms with Crippen LogP contribution in [-0.4, -0.2) is 19.1 Å². The lowest BCUT2D eigenvalue weighted by molar-refractivity contribution is -0.136. The van der Waals surface area contributed by atoms with Crippen LogP contribution in [0.15, 0.2) is 57.7 Å². The Kier molecular flexibility index (Phi) is 6.29. The number of benzene rings is 2. The number of nitrogens with one attached hydrogen (secondary N) is 1. The molecule has 0 aliphatic rings. The number of carbonyl (C=O) groups excluding carboxylic acids is 1. The molecule has 0 unspecified atom stereocenters. The Hall–Kier alpha value is -3.49. The van der Waals surface area contributed by atoms with E-state index >= 15 is 0 Å². The highest BCUT2D eigenvalue weighted by Gasteiger charge is 2.33. The fraction of sp³-hybridized carbons (Fsp3) is 0.238. The van der Waals surface area contributed by atoms with Crippen molar-refractivity contribution in [1.29, 1.82) is 0 Å². The Labute approximate surface area is 169 Å². The van der Waals surface area contributed by atoms with E-state index in [1.807, 2.05) is 6.92 Å². The molecule has 1 heterocycles. The molecule has 0 radical (unpaired) electrons. The number of fused-ring (bicyclic) bond motifs is 1. The van der Waals surface area contributed by atoms with Crippen LogP contribution in [0.2, 0.25) is 0 Å². The second-order valence-electron chi connectivity index (χ2n) is 6.32. The Morgan fingerprint density at radius 2 is 1.87 bits per heavy atom. The zero-order chi connectivity index (χ0) is 21.7.